The molecule has 0 aromatic heterocycles. The third-order valence-electron chi connectivity index (χ3n) is 6.00. The summed E-state index contributed by atoms with van der Waals surface area (Å²) in [7, 11) is 0. The lowest BCUT2D eigenvalue weighted by molar-refractivity contribution is -0.137. The largest absolute Gasteiger partial charge is 0.481 e. The maximum absolute atomic E-state index is 10.3. The van der Waals surface area contributed by atoms with Gasteiger partial charge in [-0.1, -0.05) is 96.8 Å². The Morgan fingerprint density at radius 3 is 1.02 bits per heavy atom. The lowest BCUT2D eigenvalue weighted by Gasteiger charge is -2.06. The van der Waals surface area contributed by atoms with E-state index in [1.807, 2.05) is 0 Å². The number of rotatable bonds is 31. The average Bonchev–Trinajstić information content (AvgIpc) is 2.99. The zero-order valence-corrected chi connectivity index (χ0v) is 26.6. The van der Waals surface area contributed by atoms with Gasteiger partial charge in [0.15, 0.2) is 0 Å². The second-order valence-electron chi connectivity index (χ2n) is 10.0. The van der Waals surface area contributed by atoms with Gasteiger partial charge in [-0.2, -0.15) is 0 Å². The number of carboxylic acid groups (broad SMARTS) is 1. The maximum atomic E-state index is 10.3. The fraction of sp³-hybridized carbons (Fsp3) is 0.968. The number of unbranched alkanes of at least 4 members (excludes halogenated alkanes) is 14. The molecule has 0 rings (SSSR count). The van der Waals surface area contributed by atoms with E-state index in [1.54, 1.807) is 0 Å². The van der Waals surface area contributed by atoms with Gasteiger partial charge in [-0.3, -0.25) is 4.79 Å². The molecule has 0 unspecified atom stereocenters. The Bertz CT molecular complexity index is 452. The van der Waals surface area contributed by atoms with Crippen molar-refractivity contribution in [2.24, 2.45) is 0 Å². The van der Waals surface area contributed by atoms with Gasteiger partial charge in [-0.05, 0) is 6.42 Å². The Morgan fingerprint density at radius 2 is 0.786 bits per heavy atom. The minimum atomic E-state index is -0.954. The predicted octanol–water partition coefficient (Wildman–Crippen LogP) is 3.70. The predicted molar refractivity (Wildman–Crippen MR) is 165 cm³/mol. The molecule has 256 valence electrons. The lowest BCUT2D eigenvalue weighted by Crippen LogP contribution is -2.15. The van der Waals surface area contributed by atoms with Gasteiger partial charge in [0, 0.05) is 6.42 Å². The molecule has 0 amide bonds. The molecule has 6 N–H and O–H groups in total. The van der Waals surface area contributed by atoms with Crippen molar-refractivity contribution in [3.63, 3.8) is 0 Å². The molecular weight excluding hydrogens is 548 g/mol. The van der Waals surface area contributed by atoms with Crippen molar-refractivity contribution in [2.75, 3.05) is 79.3 Å². The summed E-state index contributed by atoms with van der Waals surface area (Å²) < 4.78 is 20.4. The van der Waals surface area contributed by atoms with E-state index in [4.69, 9.17) is 49.6 Å². The third-order valence-corrected chi connectivity index (χ3v) is 6.00. The number of aliphatic carboxylic acids is 1. The van der Waals surface area contributed by atoms with Crippen LogP contribution < -0.4 is 0 Å². The number of carboxylic acids is 1. The number of hydrogen-bond donors (Lipinski definition) is 6. The fourth-order valence-electron chi connectivity index (χ4n) is 3.60. The average molecular weight is 615 g/mol. The van der Waals surface area contributed by atoms with E-state index < -0.39 is 12.1 Å². The van der Waals surface area contributed by atoms with Crippen LogP contribution in [0.5, 0.6) is 0 Å². The van der Waals surface area contributed by atoms with E-state index in [2.05, 4.69) is 6.92 Å². The quantitative estimate of drug-likeness (QED) is 0.0628. The first-order chi connectivity index (χ1) is 20.5. The van der Waals surface area contributed by atoms with E-state index in [1.165, 1.54) is 83.5 Å². The highest BCUT2D eigenvalue weighted by atomic mass is 16.6. The molecule has 0 saturated heterocycles. The number of aliphatic hydroxyl groups is 5. The van der Waals surface area contributed by atoms with Crippen LogP contribution in [-0.4, -0.2) is 122 Å². The van der Waals surface area contributed by atoms with Crippen LogP contribution in [0, 0.1) is 0 Å². The molecule has 0 spiro atoms. The summed E-state index contributed by atoms with van der Waals surface area (Å²) in [6.07, 6.45) is 19.2. The van der Waals surface area contributed by atoms with Crippen molar-refractivity contribution in [3.8, 4) is 0 Å². The summed E-state index contributed by atoms with van der Waals surface area (Å²) in [6.45, 7) is 5.33. The lowest BCUT2D eigenvalue weighted by atomic mass is 10.0. The first-order valence-electron chi connectivity index (χ1n) is 16.1. The molecule has 0 aromatic rings. The zero-order chi connectivity index (χ0) is 31.8. The number of aliphatic hydroxyl groups excluding tert-OH is 5. The van der Waals surface area contributed by atoms with Crippen molar-refractivity contribution in [1.29, 1.82) is 0 Å². The van der Waals surface area contributed by atoms with Crippen LogP contribution in [0.15, 0.2) is 0 Å². The number of ether oxygens (including phenoxy) is 4. The molecule has 0 bridgehead atoms. The first kappa shape index (κ1) is 45.5. The monoisotopic (exact) mass is 614 g/mol. The Morgan fingerprint density at radius 1 is 0.500 bits per heavy atom. The van der Waals surface area contributed by atoms with Crippen LogP contribution in [-0.2, 0) is 23.7 Å². The Kier molecular flexibility index (Phi) is 48.3. The van der Waals surface area contributed by atoms with Gasteiger partial charge in [-0.25, -0.2) is 0 Å². The molecule has 0 fully saturated rings. The molecule has 0 aliphatic heterocycles. The zero-order valence-electron chi connectivity index (χ0n) is 26.6. The van der Waals surface area contributed by atoms with E-state index in [0.29, 0.717) is 59.3 Å². The highest BCUT2D eigenvalue weighted by Gasteiger charge is 1.97. The van der Waals surface area contributed by atoms with Gasteiger partial charge in [0.05, 0.1) is 79.3 Å². The molecule has 0 atom stereocenters. The summed E-state index contributed by atoms with van der Waals surface area (Å²) in [4.78, 5) is 10.3. The smallest absolute Gasteiger partial charge is 0.303 e. The highest BCUT2D eigenvalue weighted by Crippen LogP contribution is 2.13. The van der Waals surface area contributed by atoms with Gasteiger partial charge in [0.2, 0.25) is 0 Å². The summed E-state index contributed by atoms with van der Waals surface area (Å²) in [5, 5.41) is 49.4. The van der Waals surface area contributed by atoms with Crippen LogP contribution in [0.3, 0.4) is 0 Å². The SMILES string of the molecule is CCCCCCCCCCCCCCCCCC(=O)O.OCC(O)CO.OCCOCCOCCOCCOCCO. The normalized spacial score (nSPS) is 10.7. The topological polar surface area (TPSA) is 175 Å². The summed E-state index contributed by atoms with van der Waals surface area (Å²) in [6, 6.07) is 0. The van der Waals surface area contributed by atoms with Crippen molar-refractivity contribution >= 4 is 5.97 Å². The van der Waals surface area contributed by atoms with Crippen LogP contribution in [0.2, 0.25) is 0 Å². The first-order valence-corrected chi connectivity index (χ1v) is 16.1. The minimum absolute atomic E-state index is 0.0386. The van der Waals surface area contributed by atoms with E-state index >= 15 is 0 Å². The van der Waals surface area contributed by atoms with Crippen LogP contribution in [0.25, 0.3) is 0 Å². The maximum Gasteiger partial charge on any atom is 0.303 e. The Balaban J connectivity index is -0.000000616. The second kappa shape index (κ2) is 44.5. The van der Waals surface area contributed by atoms with Crippen molar-refractivity contribution in [3.05, 3.63) is 0 Å². The van der Waals surface area contributed by atoms with Gasteiger partial charge in [-0.15, -0.1) is 0 Å². The highest BCUT2D eigenvalue weighted by molar-refractivity contribution is 5.66. The summed E-state index contributed by atoms with van der Waals surface area (Å²) in [5.74, 6) is -0.653. The van der Waals surface area contributed by atoms with E-state index in [0.717, 1.165) is 12.8 Å². The van der Waals surface area contributed by atoms with E-state index in [9.17, 15) is 4.79 Å². The third kappa shape index (κ3) is 51.8. The molecule has 0 saturated carbocycles. The standard InChI is InChI=1S/C18H36O2.C10H22O6.C3H8O3/c1-2-3-4-5-6-7-8-9-10-11-12-13-14-15-16-17-18(19)20;11-1-3-13-5-7-15-9-10-16-8-6-14-4-2-12;4-1-3(6)2-5/h2-17H2,1H3,(H,19,20);11-12H,1-10H2;3-6H,1-2H2. The molecular formula is C31H66O11. The van der Waals surface area contributed by atoms with E-state index in [-0.39, 0.29) is 26.4 Å². The van der Waals surface area contributed by atoms with Crippen molar-refractivity contribution in [1.82, 2.24) is 0 Å². The molecule has 11 heteroatoms. The van der Waals surface area contributed by atoms with Gasteiger partial charge >= 0.3 is 5.97 Å². The van der Waals surface area contributed by atoms with Crippen molar-refractivity contribution in [2.45, 2.75) is 116 Å². The summed E-state index contributed by atoms with van der Waals surface area (Å²) >= 11 is 0. The molecule has 0 aromatic carbocycles. The molecule has 0 aliphatic rings. The molecule has 0 heterocycles. The van der Waals surface area contributed by atoms with Crippen molar-refractivity contribution < 1.29 is 54.4 Å². The second-order valence-corrected chi connectivity index (χ2v) is 10.0. The van der Waals surface area contributed by atoms with Gasteiger partial charge in [0.1, 0.15) is 6.10 Å². The molecule has 0 radical (unpaired) electrons. The Labute approximate surface area is 255 Å². The number of hydrogen-bond acceptors (Lipinski definition) is 10. The van der Waals surface area contributed by atoms with Crippen LogP contribution >= 0.6 is 0 Å². The summed E-state index contributed by atoms with van der Waals surface area (Å²) in [5.41, 5.74) is 0. The molecule has 0 aliphatic carbocycles. The minimum Gasteiger partial charge on any atom is -0.481 e. The van der Waals surface area contributed by atoms with Gasteiger partial charge in [0.25, 0.3) is 0 Å². The molecule has 11 nitrogen and oxygen atoms in total. The fourth-order valence-corrected chi connectivity index (χ4v) is 3.60. The number of carbonyl (C=O) groups is 1. The molecule has 42 heavy (non-hydrogen) atoms. The van der Waals surface area contributed by atoms with Crippen LogP contribution in [0.4, 0.5) is 0 Å². The Hall–Kier alpha value is -0.890. The van der Waals surface area contributed by atoms with Gasteiger partial charge < -0.3 is 49.6 Å². The van der Waals surface area contributed by atoms with Crippen LogP contribution in [0.1, 0.15) is 110 Å².